The lowest BCUT2D eigenvalue weighted by atomic mass is 10.0. The average Bonchev–Trinajstić information content (AvgIpc) is 3.45. The summed E-state index contributed by atoms with van der Waals surface area (Å²) in [5.74, 6) is 0.131. The maximum absolute atomic E-state index is 13.1. The molecular weight excluding hydrogens is 449 g/mol. The maximum atomic E-state index is 13.1. The molecule has 2 atom stereocenters. The van der Waals surface area contributed by atoms with Crippen molar-refractivity contribution in [1.82, 2.24) is 29.5 Å². The van der Waals surface area contributed by atoms with Crippen LogP contribution in [0.15, 0.2) is 64.7 Å². The molecule has 170 valence electrons. The van der Waals surface area contributed by atoms with Crippen LogP contribution in [0.1, 0.15) is 35.1 Å². The molecule has 1 aliphatic rings. The van der Waals surface area contributed by atoms with E-state index in [1.165, 1.54) is 12.4 Å². The quantitative estimate of drug-likeness (QED) is 0.424. The summed E-state index contributed by atoms with van der Waals surface area (Å²) >= 11 is 0. The van der Waals surface area contributed by atoms with Crippen molar-refractivity contribution in [3.8, 4) is 11.3 Å². The van der Waals surface area contributed by atoms with Gasteiger partial charge in [0.05, 0.1) is 11.3 Å². The fourth-order valence-corrected chi connectivity index (χ4v) is 4.40. The van der Waals surface area contributed by atoms with Gasteiger partial charge in [0, 0.05) is 35.7 Å². The summed E-state index contributed by atoms with van der Waals surface area (Å²) in [6.07, 6.45) is 2.09. The van der Waals surface area contributed by atoms with Crippen molar-refractivity contribution < 1.29 is 13.2 Å². The highest BCUT2D eigenvalue weighted by molar-refractivity contribution is 5.83. The van der Waals surface area contributed by atoms with Gasteiger partial charge in [-0.25, -0.2) is 14.3 Å². The first-order valence-electron chi connectivity index (χ1n) is 10.4. The molecule has 11 heteroatoms. The van der Waals surface area contributed by atoms with Gasteiger partial charge in [-0.3, -0.25) is 14.8 Å². The molecule has 0 saturated heterocycles. The number of aromatic amines is 2. The highest BCUT2D eigenvalue weighted by atomic mass is 19.4. The van der Waals surface area contributed by atoms with Crippen LogP contribution in [0.5, 0.6) is 0 Å². The molecule has 4 heterocycles. The summed E-state index contributed by atoms with van der Waals surface area (Å²) in [4.78, 5) is 36.2. The highest BCUT2D eigenvalue weighted by Gasteiger charge is 2.41. The molecule has 6 rings (SSSR count). The van der Waals surface area contributed by atoms with Crippen LogP contribution in [0.2, 0.25) is 0 Å². The number of hydrogen-bond donors (Lipinski definition) is 2. The molecule has 0 unspecified atom stereocenters. The first-order valence-corrected chi connectivity index (χ1v) is 10.4. The number of nitrogens with one attached hydrogen (secondary N) is 2. The second-order valence-corrected chi connectivity index (χ2v) is 8.29. The first-order chi connectivity index (χ1) is 16.3. The van der Waals surface area contributed by atoms with Crippen LogP contribution in [0.4, 0.5) is 13.2 Å². The molecule has 8 nitrogen and oxygen atoms in total. The normalized spacial score (nSPS) is 18.0. The second-order valence-electron chi connectivity index (χ2n) is 8.29. The van der Waals surface area contributed by atoms with Crippen LogP contribution < -0.4 is 11.2 Å². The van der Waals surface area contributed by atoms with E-state index in [9.17, 15) is 22.8 Å². The summed E-state index contributed by atoms with van der Waals surface area (Å²) in [6.45, 7) is 0. The number of fused-ring (bicyclic) bond motifs is 2. The van der Waals surface area contributed by atoms with Crippen LogP contribution in [-0.2, 0) is 6.18 Å². The minimum atomic E-state index is -4.51. The zero-order valence-corrected chi connectivity index (χ0v) is 17.3. The monoisotopic (exact) mass is 464 g/mol. The van der Waals surface area contributed by atoms with E-state index in [0.29, 0.717) is 22.1 Å². The number of imidazole rings is 1. The van der Waals surface area contributed by atoms with Crippen molar-refractivity contribution in [2.75, 3.05) is 0 Å². The number of pyridine rings is 1. The smallest absolute Gasteiger partial charge is 0.313 e. The average molecular weight is 464 g/mol. The summed E-state index contributed by atoms with van der Waals surface area (Å²) in [5.41, 5.74) is 0.931. The van der Waals surface area contributed by atoms with E-state index in [2.05, 4.69) is 25.0 Å². The Balaban J connectivity index is 1.40. The third kappa shape index (κ3) is 3.36. The number of hydrogen-bond acceptors (Lipinski definition) is 5. The van der Waals surface area contributed by atoms with Crippen LogP contribution in [-0.4, -0.2) is 29.5 Å². The Morgan fingerprint density at radius 2 is 1.88 bits per heavy atom. The lowest BCUT2D eigenvalue weighted by Gasteiger charge is -2.09. The lowest BCUT2D eigenvalue weighted by molar-refractivity contribution is -0.141. The first kappa shape index (κ1) is 20.3. The van der Waals surface area contributed by atoms with Crippen LogP contribution in [0.3, 0.4) is 0 Å². The molecule has 1 aliphatic carbocycles. The Labute approximate surface area is 188 Å². The predicted octanol–water partition coefficient (Wildman–Crippen LogP) is 3.61. The fraction of sp³-hybridized carbons (Fsp3) is 0.174. The molecule has 2 N–H and O–H groups in total. The van der Waals surface area contributed by atoms with Crippen molar-refractivity contribution in [1.29, 1.82) is 0 Å². The zero-order valence-electron chi connectivity index (χ0n) is 17.3. The van der Waals surface area contributed by atoms with E-state index in [1.807, 2.05) is 6.07 Å². The molecule has 1 fully saturated rings. The number of nitrogens with zero attached hydrogens (tertiary/aromatic N) is 4. The van der Waals surface area contributed by atoms with Gasteiger partial charge in [0.15, 0.2) is 5.65 Å². The summed E-state index contributed by atoms with van der Waals surface area (Å²) in [5, 5.41) is 5.55. The van der Waals surface area contributed by atoms with Gasteiger partial charge in [-0.05, 0) is 41.3 Å². The third-order valence-corrected chi connectivity index (χ3v) is 6.14. The second kappa shape index (κ2) is 7.11. The minimum Gasteiger partial charge on any atom is -0.313 e. The predicted molar refractivity (Wildman–Crippen MR) is 117 cm³/mol. The van der Waals surface area contributed by atoms with E-state index < -0.39 is 23.1 Å². The molecule has 0 bridgehead atoms. The number of halogens is 3. The fourth-order valence-electron chi connectivity index (χ4n) is 4.40. The molecule has 4 aromatic heterocycles. The molecular formula is C23H15F3N6O2. The van der Waals surface area contributed by atoms with Gasteiger partial charge in [0.2, 0.25) is 0 Å². The maximum Gasteiger partial charge on any atom is 0.433 e. The van der Waals surface area contributed by atoms with Crippen molar-refractivity contribution >= 4 is 16.4 Å². The summed E-state index contributed by atoms with van der Waals surface area (Å²) < 4.78 is 40.9. The van der Waals surface area contributed by atoms with Crippen LogP contribution >= 0.6 is 0 Å². The van der Waals surface area contributed by atoms with Crippen molar-refractivity contribution in [2.24, 2.45) is 0 Å². The Hall–Kier alpha value is -4.28. The number of rotatable bonds is 3. The zero-order chi connectivity index (χ0) is 23.6. The lowest BCUT2D eigenvalue weighted by Crippen LogP contribution is -2.23. The van der Waals surface area contributed by atoms with E-state index in [1.54, 1.807) is 35.1 Å². The molecule has 0 radical (unpaired) electrons. The van der Waals surface area contributed by atoms with Crippen LogP contribution in [0.25, 0.3) is 27.7 Å². The molecule has 34 heavy (non-hydrogen) atoms. The Kier molecular flexibility index (Phi) is 4.25. The van der Waals surface area contributed by atoms with Crippen molar-refractivity contribution in [3.05, 3.63) is 92.8 Å². The summed E-state index contributed by atoms with van der Waals surface area (Å²) in [7, 11) is 0. The van der Waals surface area contributed by atoms with Gasteiger partial charge in [0.1, 0.15) is 5.69 Å². The standard InChI is InChI=1S/C23H15F3N6O2/c24-23(25,26)19-6-13-5-11(1-2-12(13)9-28-19)14-7-15(14)16-8-18(31-32-4-3-27-20(16)32)17-10-29-22(34)30-21(17)33/h1-6,8-10,14-15H,7H2,(H2,29,30,33,34)/t14-,15+/m1/s1. The largest absolute Gasteiger partial charge is 0.433 e. The van der Waals surface area contributed by atoms with Crippen LogP contribution in [0, 0.1) is 0 Å². The van der Waals surface area contributed by atoms with E-state index >= 15 is 0 Å². The van der Waals surface area contributed by atoms with E-state index in [0.717, 1.165) is 23.6 Å². The van der Waals surface area contributed by atoms with Gasteiger partial charge >= 0.3 is 11.9 Å². The molecule has 5 aromatic rings. The Bertz CT molecular complexity index is 1700. The highest BCUT2D eigenvalue weighted by Crippen LogP contribution is 2.56. The number of benzene rings is 1. The number of alkyl halides is 3. The van der Waals surface area contributed by atoms with E-state index in [-0.39, 0.29) is 17.4 Å². The van der Waals surface area contributed by atoms with E-state index in [4.69, 9.17) is 0 Å². The van der Waals surface area contributed by atoms with Crippen molar-refractivity contribution in [3.63, 3.8) is 0 Å². The number of H-pyrrole nitrogens is 2. The minimum absolute atomic E-state index is 0.0508. The molecule has 0 amide bonds. The Morgan fingerprint density at radius 3 is 2.68 bits per heavy atom. The van der Waals surface area contributed by atoms with Gasteiger partial charge < -0.3 is 4.98 Å². The van der Waals surface area contributed by atoms with Gasteiger partial charge in [0.25, 0.3) is 5.56 Å². The third-order valence-electron chi connectivity index (χ3n) is 6.14. The molecule has 0 spiro atoms. The topological polar surface area (TPSA) is 109 Å². The van der Waals surface area contributed by atoms with Gasteiger partial charge in [-0.2, -0.15) is 18.3 Å². The Morgan fingerprint density at radius 1 is 1.03 bits per heavy atom. The molecule has 0 aliphatic heterocycles. The summed E-state index contributed by atoms with van der Waals surface area (Å²) in [6, 6.07) is 8.29. The van der Waals surface area contributed by atoms with Gasteiger partial charge in [-0.15, -0.1) is 0 Å². The molecule has 1 aromatic carbocycles. The van der Waals surface area contributed by atoms with Gasteiger partial charge in [-0.1, -0.05) is 18.2 Å². The SMILES string of the molecule is O=c1[nH]cc(-c2cc([C@H]3C[C@@H]3c3ccc4cnc(C(F)(F)F)cc4c3)c3nccn3n2)c(=O)[nH]1. The number of aromatic nitrogens is 6. The van der Waals surface area contributed by atoms with Crippen molar-refractivity contribution in [2.45, 2.75) is 24.4 Å². The molecule has 1 saturated carbocycles.